The van der Waals surface area contributed by atoms with E-state index < -0.39 is 0 Å². The van der Waals surface area contributed by atoms with E-state index in [1.807, 2.05) is 19.2 Å². The maximum Gasteiger partial charge on any atom is 0.119 e. The number of nitrogens with one attached hydrogen (secondary N) is 1. The summed E-state index contributed by atoms with van der Waals surface area (Å²) >= 11 is 0. The van der Waals surface area contributed by atoms with E-state index in [4.69, 9.17) is 4.74 Å². The second-order valence-corrected chi connectivity index (χ2v) is 3.30. The normalized spacial score (nSPS) is 9.47. The van der Waals surface area contributed by atoms with Gasteiger partial charge in [0.05, 0.1) is 6.61 Å². The zero-order valence-electron chi connectivity index (χ0n) is 9.45. The number of rotatable bonds is 6. The Morgan fingerprint density at radius 1 is 1.20 bits per heavy atom. The molecule has 1 aromatic rings. The Kier molecular flexibility index (Phi) is 8.15. The summed E-state index contributed by atoms with van der Waals surface area (Å²) in [5, 5.41) is 3.09. The fourth-order valence-electron chi connectivity index (χ4n) is 1.26. The minimum absolute atomic E-state index is 0. The summed E-state index contributed by atoms with van der Waals surface area (Å²) in [4.78, 5) is 0. The average Bonchev–Trinajstić information content (AvgIpc) is 2.25. The van der Waals surface area contributed by atoms with E-state index in [0.717, 1.165) is 31.7 Å². The fraction of sp³-hybridized carbons (Fsp3) is 0.500. The Morgan fingerprint density at radius 3 is 2.40 bits per heavy atom. The van der Waals surface area contributed by atoms with Crippen LogP contribution in [0.1, 0.15) is 18.9 Å². The lowest BCUT2D eigenvalue weighted by Gasteiger charge is -2.06. The molecule has 1 rings (SSSR count). The van der Waals surface area contributed by atoms with Gasteiger partial charge in [-0.05, 0) is 44.1 Å². The first-order valence-electron chi connectivity index (χ1n) is 5.23. The third kappa shape index (κ3) is 5.65. The van der Waals surface area contributed by atoms with Crippen LogP contribution in [0.5, 0.6) is 5.75 Å². The summed E-state index contributed by atoms with van der Waals surface area (Å²) in [5.74, 6) is 0.971. The predicted molar refractivity (Wildman–Crippen MR) is 67.1 cm³/mol. The van der Waals surface area contributed by atoms with Gasteiger partial charge in [-0.15, -0.1) is 12.4 Å². The molecule has 0 atom stereocenters. The third-order valence-electron chi connectivity index (χ3n) is 2.17. The molecule has 3 heteroatoms. The molecule has 0 bridgehead atoms. The Hall–Kier alpha value is -0.730. The molecule has 0 aromatic heterocycles. The molecule has 0 aliphatic rings. The van der Waals surface area contributed by atoms with Crippen LogP contribution in [0.25, 0.3) is 0 Å². The van der Waals surface area contributed by atoms with Gasteiger partial charge in [-0.3, -0.25) is 0 Å². The summed E-state index contributed by atoms with van der Waals surface area (Å²) in [7, 11) is 1.95. The third-order valence-corrected chi connectivity index (χ3v) is 2.17. The van der Waals surface area contributed by atoms with Crippen LogP contribution in [0, 0.1) is 0 Å². The highest BCUT2D eigenvalue weighted by atomic mass is 35.5. The average molecular weight is 230 g/mol. The number of hydrogen-bond donors (Lipinski definition) is 1. The zero-order valence-corrected chi connectivity index (χ0v) is 10.3. The van der Waals surface area contributed by atoms with Crippen molar-refractivity contribution in [1.82, 2.24) is 5.32 Å². The standard InChI is InChI=1S/C12H19NO.ClH/c1-3-11-5-7-12(8-6-11)14-10-4-9-13-2;/h5-8,13H,3-4,9-10H2,1-2H3;1H. The predicted octanol–water partition coefficient (Wildman–Crippen LogP) is 2.66. The molecule has 0 amide bonds. The van der Waals surface area contributed by atoms with Crippen LogP contribution in [-0.4, -0.2) is 20.2 Å². The van der Waals surface area contributed by atoms with Crippen LogP contribution in [0.3, 0.4) is 0 Å². The van der Waals surface area contributed by atoms with Gasteiger partial charge < -0.3 is 10.1 Å². The van der Waals surface area contributed by atoms with Crippen molar-refractivity contribution in [3.63, 3.8) is 0 Å². The summed E-state index contributed by atoms with van der Waals surface area (Å²) < 4.78 is 5.57. The Morgan fingerprint density at radius 2 is 1.87 bits per heavy atom. The van der Waals surface area contributed by atoms with Gasteiger partial charge in [-0.25, -0.2) is 0 Å². The number of hydrogen-bond acceptors (Lipinski definition) is 2. The molecule has 0 saturated carbocycles. The Labute approximate surface area is 98.4 Å². The van der Waals surface area contributed by atoms with E-state index in [0.29, 0.717) is 0 Å². The molecule has 0 fully saturated rings. The van der Waals surface area contributed by atoms with Gasteiger partial charge in [0, 0.05) is 0 Å². The van der Waals surface area contributed by atoms with Gasteiger partial charge in [0.2, 0.25) is 0 Å². The topological polar surface area (TPSA) is 21.3 Å². The first kappa shape index (κ1) is 14.3. The smallest absolute Gasteiger partial charge is 0.119 e. The lowest BCUT2D eigenvalue weighted by molar-refractivity contribution is 0.310. The summed E-state index contributed by atoms with van der Waals surface area (Å²) in [6.45, 7) is 3.95. The highest BCUT2D eigenvalue weighted by Gasteiger charge is 1.93. The van der Waals surface area contributed by atoms with E-state index in [2.05, 4.69) is 24.4 Å². The first-order chi connectivity index (χ1) is 6.86. The van der Waals surface area contributed by atoms with Crippen molar-refractivity contribution in [2.45, 2.75) is 19.8 Å². The van der Waals surface area contributed by atoms with Crippen LogP contribution in [0.4, 0.5) is 0 Å². The van der Waals surface area contributed by atoms with E-state index in [1.54, 1.807) is 0 Å². The van der Waals surface area contributed by atoms with Crippen molar-refractivity contribution < 1.29 is 4.74 Å². The second-order valence-electron chi connectivity index (χ2n) is 3.30. The number of ether oxygens (including phenoxy) is 1. The Bertz CT molecular complexity index is 248. The van der Waals surface area contributed by atoms with Crippen LogP contribution in [0.2, 0.25) is 0 Å². The number of aryl methyl sites for hydroxylation is 1. The van der Waals surface area contributed by atoms with Crippen molar-refractivity contribution in [1.29, 1.82) is 0 Å². The van der Waals surface area contributed by atoms with Crippen LogP contribution >= 0.6 is 12.4 Å². The molecule has 0 aliphatic carbocycles. The fourth-order valence-corrected chi connectivity index (χ4v) is 1.26. The van der Waals surface area contributed by atoms with Crippen molar-refractivity contribution in [3.05, 3.63) is 29.8 Å². The highest BCUT2D eigenvalue weighted by Crippen LogP contribution is 2.12. The van der Waals surface area contributed by atoms with Gasteiger partial charge in [-0.1, -0.05) is 19.1 Å². The van der Waals surface area contributed by atoms with Crippen molar-refractivity contribution in [3.8, 4) is 5.75 Å². The first-order valence-corrected chi connectivity index (χ1v) is 5.23. The largest absolute Gasteiger partial charge is 0.494 e. The SMILES string of the molecule is CCc1ccc(OCCCNC)cc1.Cl. The molecule has 2 nitrogen and oxygen atoms in total. The minimum Gasteiger partial charge on any atom is -0.494 e. The lowest BCUT2D eigenvalue weighted by atomic mass is 10.2. The molecule has 0 spiro atoms. The monoisotopic (exact) mass is 229 g/mol. The second kappa shape index (κ2) is 8.57. The van der Waals surface area contributed by atoms with E-state index in [9.17, 15) is 0 Å². The highest BCUT2D eigenvalue weighted by molar-refractivity contribution is 5.85. The molecule has 0 saturated heterocycles. The van der Waals surface area contributed by atoms with Crippen LogP contribution < -0.4 is 10.1 Å². The quantitative estimate of drug-likeness (QED) is 0.758. The molecule has 15 heavy (non-hydrogen) atoms. The molecule has 0 radical (unpaired) electrons. The summed E-state index contributed by atoms with van der Waals surface area (Å²) in [6, 6.07) is 8.32. The van der Waals surface area contributed by atoms with E-state index in [-0.39, 0.29) is 12.4 Å². The van der Waals surface area contributed by atoms with Gasteiger partial charge >= 0.3 is 0 Å². The van der Waals surface area contributed by atoms with E-state index >= 15 is 0 Å². The molecular weight excluding hydrogens is 210 g/mol. The van der Waals surface area contributed by atoms with Crippen molar-refractivity contribution in [2.24, 2.45) is 0 Å². The molecule has 1 N–H and O–H groups in total. The molecular formula is C12H20ClNO. The molecule has 0 heterocycles. The Balaban J connectivity index is 0.00000196. The molecule has 86 valence electrons. The summed E-state index contributed by atoms with van der Waals surface area (Å²) in [5.41, 5.74) is 1.35. The molecule has 0 aliphatic heterocycles. The summed E-state index contributed by atoms with van der Waals surface area (Å²) in [6.07, 6.45) is 2.13. The maximum absolute atomic E-state index is 5.57. The number of benzene rings is 1. The zero-order chi connectivity index (χ0) is 10.2. The van der Waals surface area contributed by atoms with Gasteiger partial charge in [0.1, 0.15) is 5.75 Å². The van der Waals surface area contributed by atoms with Crippen molar-refractivity contribution >= 4 is 12.4 Å². The number of halogens is 1. The van der Waals surface area contributed by atoms with Crippen molar-refractivity contribution in [2.75, 3.05) is 20.2 Å². The molecule has 1 aromatic carbocycles. The van der Waals surface area contributed by atoms with Gasteiger partial charge in [0.25, 0.3) is 0 Å². The van der Waals surface area contributed by atoms with Gasteiger partial charge in [-0.2, -0.15) is 0 Å². The van der Waals surface area contributed by atoms with Crippen LogP contribution in [0.15, 0.2) is 24.3 Å². The molecule has 0 unspecified atom stereocenters. The maximum atomic E-state index is 5.57. The minimum atomic E-state index is 0. The van der Waals surface area contributed by atoms with E-state index in [1.165, 1.54) is 5.56 Å². The van der Waals surface area contributed by atoms with Gasteiger partial charge in [0.15, 0.2) is 0 Å². The lowest BCUT2D eigenvalue weighted by Crippen LogP contribution is -2.11. The van der Waals surface area contributed by atoms with Crippen LogP contribution in [-0.2, 0) is 6.42 Å².